The van der Waals surface area contributed by atoms with E-state index in [1.165, 1.54) is 11.3 Å². The molecule has 154 valence electrons. The molecular weight excluding hydrogens is 402 g/mol. The number of ether oxygens (including phenoxy) is 3. The van der Waals surface area contributed by atoms with Gasteiger partial charge in [-0.25, -0.2) is 4.98 Å². The number of carbonyl (C=O) groups is 1. The van der Waals surface area contributed by atoms with Gasteiger partial charge in [0.2, 0.25) is 5.91 Å². The Labute approximate surface area is 177 Å². The number of benzene rings is 2. The van der Waals surface area contributed by atoms with Crippen LogP contribution in [0.25, 0.3) is 16.2 Å². The van der Waals surface area contributed by atoms with E-state index in [0.29, 0.717) is 17.2 Å². The maximum atomic E-state index is 12.6. The Morgan fingerprint density at radius 1 is 1.07 bits per heavy atom. The van der Waals surface area contributed by atoms with Gasteiger partial charge in [-0.3, -0.25) is 9.20 Å². The van der Waals surface area contributed by atoms with Crippen LogP contribution in [0.2, 0.25) is 0 Å². The monoisotopic (exact) mass is 423 g/mol. The standard InChI is InChI=1S/C22H21N3O4S/c1-27-16-6-4-5-14(9-16)23-21(26)10-15-13-30-22-24-19(12-25(15)22)18-11-17(28-2)7-8-20(18)29-3/h4-9,11-13H,10H2,1-3H3,(H,23,26). The molecule has 0 unspecified atom stereocenters. The van der Waals surface area contributed by atoms with Crippen molar-refractivity contribution >= 4 is 27.9 Å². The third-order valence-electron chi connectivity index (χ3n) is 4.66. The molecule has 0 aliphatic carbocycles. The molecule has 1 N–H and O–H groups in total. The molecule has 8 heteroatoms. The highest BCUT2D eigenvalue weighted by molar-refractivity contribution is 7.15. The van der Waals surface area contributed by atoms with Crippen molar-refractivity contribution in [2.24, 2.45) is 0 Å². The van der Waals surface area contributed by atoms with E-state index in [2.05, 4.69) is 5.32 Å². The van der Waals surface area contributed by atoms with E-state index in [-0.39, 0.29) is 12.3 Å². The number of aromatic nitrogens is 2. The van der Waals surface area contributed by atoms with Crippen LogP contribution in [-0.2, 0) is 11.2 Å². The Morgan fingerprint density at radius 2 is 1.87 bits per heavy atom. The third kappa shape index (κ3) is 3.95. The van der Waals surface area contributed by atoms with Gasteiger partial charge in [0.05, 0.1) is 33.4 Å². The fourth-order valence-corrected chi connectivity index (χ4v) is 4.04. The number of imidazole rings is 1. The molecule has 0 atom stereocenters. The predicted molar refractivity (Wildman–Crippen MR) is 117 cm³/mol. The first-order chi connectivity index (χ1) is 14.6. The zero-order valence-corrected chi connectivity index (χ0v) is 17.7. The van der Waals surface area contributed by atoms with Gasteiger partial charge in [-0.05, 0) is 30.3 Å². The number of hydrogen-bond acceptors (Lipinski definition) is 6. The summed E-state index contributed by atoms with van der Waals surface area (Å²) >= 11 is 1.49. The molecule has 0 fully saturated rings. The summed E-state index contributed by atoms with van der Waals surface area (Å²) in [6.45, 7) is 0. The topological polar surface area (TPSA) is 74.1 Å². The average Bonchev–Trinajstić information content (AvgIpc) is 3.35. The van der Waals surface area contributed by atoms with Gasteiger partial charge >= 0.3 is 0 Å². The molecule has 1 amide bonds. The molecule has 30 heavy (non-hydrogen) atoms. The summed E-state index contributed by atoms with van der Waals surface area (Å²) in [4.78, 5) is 18.1. The average molecular weight is 423 g/mol. The van der Waals surface area contributed by atoms with Crippen molar-refractivity contribution in [3.05, 3.63) is 59.7 Å². The lowest BCUT2D eigenvalue weighted by Crippen LogP contribution is -2.15. The van der Waals surface area contributed by atoms with E-state index >= 15 is 0 Å². The largest absolute Gasteiger partial charge is 0.497 e. The first-order valence-electron chi connectivity index (χ1n) is 9.23. The third-order valence-corrected chi connectivity index (χ3v) is 5.55. The van der Waals surface area contributed by atoms with Crippen molar-refractivity contribution in [1.29, 1.82) is 0 Å². The lowest BCUT2D eigenvalue weighted by molar-refractivity contribution is -0.115. The predicted octanol–water partition coefficient (Wildman–Crippen LogP) is 4.27. The maximum absolute atomic E-state index is 12.6. The number of nitrogens with one attached hydrogen (secondary N) is 1. The molecule has 0 aliphatic rings. The zero-order valence-electron chi connectivity index (χ0n) is 16.8. The summed E-state index contributed by atoms with van der Waals surface area (Å²) < 4.78 is 17.9. The molecule has 0 radical (unpaired) electrons. The highest BCUT2D eigenvalue weighted by atomic mass is 32.1. The van der Waals surface area contributed by atoms with Gasteiger partial charge in [0.25, 0.3) is 0 Å². The first kappa shape index (κ1) is 19.8. The summed E-state index contributed by atoms with van der Waals surface area (Å²) in [5, 5.41) is 4.85. The maximum Gasteiger partial charge on any atom is 0.230 e. The molecule has 0 aliphatic heterocycles. The summed E-state index contributed by atoms with van der Waals surface area (Å²) in [7, 11) is 4.84. The van der Waals surface area contributed by atoms with E-state index in [1.54, 1.807) is 27.4 Å². The number of thiazole rings is 1. The molecule has 0 spiro atoms. The summed E-state index contributed by atoms with van der Waals surface area (Å²) in [6.07, 6.45) is 2.14. The second-order valence-electron chi connectivity index (χ2n) is 6.53. The minimum atomic E-state index is -0.114. The van der Waals surface area contributed by atoms with E-state index in [0.717, 1.165) is 27.7 Å². The fourth-order valence-electron chi connectivity index (χ4n) is 3.17. The summed E-state index contributed by atoms with van der Waals surface area (Å²) in [6, 6.07) is 12.9. The first-order valence-corrected chi connectivity index (χ1v) is 10.1. The normalized spacial score (nSPS) is 10.8. The molecule has 7 nitrogen and oxygen atoms in total. The molecule has 0 saturated heterocycles. The quantitative estimate of drug-likeness (QED) is 0.481. The number of methoxy groups -OCH3 is 3. The molecule has 2 heterocycles. The molecule has 4 aromatic rings. The van der Waals surface area contributed by atoms with Crippen LogP contribution in [0.5, 0.6) is 17.2 Å². The second kappa shape index (κ2) is 8.46. The molecule has 0 bridgehead atoms. The minimum Gasteiger partial charge on any atom is -0.497 e. The molecule has 0 saturated carbocycles. The Morgan fingerprint density at radius 3 is 2.63 bits per heavy atom. The van der Waals surface area contributed by atoms with Gasteiger partial charge < -0.3 is 19.5 Å². The van der Waals surface area contributed by atoms with Gasteiger partial charge in [-0.1, -0.05) is 6.07 Å². The van der Waals surface area contributed by atoms with Crippen LogP contribution in [0.3, 0.4) is 0 Å². The van der Waals surface area contributed by atoms with Crippen LogP contribution in [0.15, 0.2) is 54.0 Å². The smallest absolute Gasteiger partial charge is 0.230 e. The molecular formula is C22H21N3O4S. The van der Waals surface area contributed by atoms with Crippen molar-refractivity contribution in [1.82, 2.24) is 9.38 Å². The summed E-state index contributed by atoms with van der Waals surface area (Å²) in [5.74, 6) is 2.01. The van der Waals surface area contributed by atoms with Gasteiger partial charge in [0.15, 0.2) is 4.96 Å². The van der Waals surface area contributed by atoms with E-state index < -0.39 is 0 Å². The number of rotatable bonds is 7. The van der Waals surface area contributed by atoms with E-state index in [9.17, 15) is 4.79 Å². The number of anilines is 1. The zero-order chi connectivity index (χ0) is 21.1. The lowest BCUT2D eigenvalue weighted by atomic mass is 10.1. The Kier molecular flexibility index (Phi) is 5.58. The lowest BCUT2D eigenvalue weighted by Gasteiger charge is -2.08. The summed E-state index contributed by atoms with van der Waals surface area (Å²) in [5.41, 5.74) is 3.14. The van der Waals surface area contributed by atoms with Crippen LogP contribution >= 0.6 is 11.3 Å². The molecule has 4 rings (SSSR count). The SMILES string of the molecule is COc1cccc(NC(=O)Cc2csc3nc(-c4cc(OC)ccc4OC)cn23)c1. The highest BCUT2D eigenvalue weighted by Gasteiger charge is 2.16. The van der Waals surface area contributed by atoms with Crippen LogP contribution in [0, 0.1) is 0 Å². The van der Waals surface area contributed by atoms with Crippen molar-refractivity contribution in [2.75, 3.05) is 26.6 Å². The van der Waals surface area contributed by atoms with Gasteiger partial charge in [0.1, 0.15) is 17.2 Å². The Bertz CT molecular complexity index is 1200. The van der Waals surface area contributed by atoms with Crippen molar-refractivity contribution in [3.8, 4) is 28.5 Å². The minimum absolute atomic E-state index is 0.114. The van der Waals surface area contributed by atoms with Crippen molar-refractivity contribution < 1.29 is 19.0 Å². The highest BCUT2D eigenvalue weighted by Crippen LogP contribution is 2.34. The number of carbonyl (C=O) groups excluding carboxylic acids is 1. The Hall–Kier alpha value is -3.52. The second-order valence-corrected chi connectivity index (χ2v) is 7.37. The van der Waals surface area contributed by atoms with E-state index in [1.807, 2.05) is 52.4 Å². The number of amides is 1. The van der Waals surface area contributed by atoms with Crippen LogP contribution in [0.1, 0.15) is 5.69 Å². The van der Waals surface area contributed by atoms with Crippen LogP contribution in [-0.4, -0.2) is 36.6 Å². The van der Waals surface area contributed by atoms with Crippen LogP contribution in [0.4, 0.5) is 5.69 Å². The van der Waals surface area contributed by atoms with E-state index in [4.69, 9.17) is 19.2 Å². The van der Waals surface area contributed by atoms with Gasteiger partial charge in [-0.15, -0.1) is 11.3 Å². The fraction of sp³-hybridized carbons (Fsp3) is 0.182. The number of hydrogen-bond donors (Lipinski definition) is 1. The molecule has 2 aromatic heterocycles. The van der Waals surface area contributed by atoms with Crippen LogP contribution < -0.4 is 19.5 Å². The Balaban J connectivity index is 1.58. The van der Waals surface area contributed by atoms with Crippen molar-refractivity contribution in [3.63, 3.8) is 0 Å². The van der Waals surface area contributed by atoms with Gasteiger partial charge in [-0.2, -0.15) is 0 Å². The number of nitrogens with zero attached hydrogens (tertiary/aromatic N) is 2. The molecule has 2 aromatic carbocycles. The number of fused-ring (bicyclic) bond motifs is 1. The van der Waals surface area contributed by atoms with Gasteiger partial charge in [0, 0.05) is 34.6 Å². The van der Waals surface area contributed by atoms with Crippen molar-refractivity contribution in [2.45, 2.75) is 6.42 Å².